The van der Waals surface area contributed by atoms with Gasteiger partial charge in [-0.15, -0.1) is 0 Å². The first-order valence-electron chi connectivity index (χ1n) is 11.2. The number of rotatable bonds is 10. The smallest absolute Gasteiger partial charge is 0.268 e. The highest BCUT2D eigenvalue weighted by Crippen LogP contribution is 2.25. The molecule has 1 amide bonds. The number of benzene rings is 1. The Hall–Kier alpha value is -2.53. The summed E-state index contributed by atoms with van der Waals surface area (Å²) in [5, 5.41) is 3.20. The van der Waals surface area contributed by atoms with Crippen molar-refractivity contribution in [2.75, 3.05) is 19.6 Å². The molecule has 5 nitrogen and oxygen atoms in total. The number of carbonyl (C=O) groups is 1. The lowest BCUT2D eigenvalue weighted by atomic mass is 10.1. The lowest BCUT2D eigenvalue weighted by Gasteiger charge is -2.18. The van der Waals surface area contributed by atoms with Crippen LogP contribution < -0.4 is 10.2 Å². The van der Waals surface area contributed by atoms with Crippen LogP contribution >= 0.6 is 0 Å². The van der Waals surface area contributed by atoms with Gasteiger partial charge in [-0.1, -0.05) is 29.8 Å². The molecule has 0 saturated heterocycles. The average Bonchev–Trinajstić information content (AvgIpc) is 3.22. The maximum atomic E-state index is 13.1. The van der Waals surface area contributed by atoms with Gasteiger partial charge in [0.1, 0.15) is 11.5 Å². The number of hydrogen-bond acceptors (Lipinski definition) is 2. The van der Waals surface area contributed by atoms with Gasteiger partial charge in [-0.05, 0) is 53.0 Å². The van der Waals surface area contributed by atoms with Gasteiger partial charge in [0.25, 0.3) is 5.91 Å². The monoisotopic (exact) mass is 410 g/mol. The molecule has 1 atom stereocenters. The minimum atomic E-state index is -0.0330. The molecular weight excluding hydrogens is 374 g/mol. The van der Waals surface area contributed by atoms with Crippen molar-refractivity contribution < 1.29 is 14.1 Å². The van der Waals surface area contributed by atoms with Gasteiger partial charge in [0.15, 0.2) is 5.58 Å². The molecule has 0 unspecified atom stereocenters. The Balaban J connectivity index is 1.74. The predicted molar refractivity (Wildman–Crippen MR) is 122 cm³/mol. The number of hydrogen-bond donors (Lipinski definition) is 2. The molecule has 0 bridgehead atoms. The average molecular weight is 411 g/mol. The maximum Gasteiger partial charge on any atom is 0.268 e. The molecule has 0 aliphatic rings. The molecular formula is C25H36N3O2+. The van der Waals surface area contributed by atoms with Crippen LogP contribution in [0.3, 0.4) is 0 Å². The first kappa shape index (κ1) is 22.2. The number of nitrogens with one attached hydrogen (secondary N) is 2. The summed E-state index contributed by atoms with van der Waals surface area (Å²) in [5.41, 5.74) is 4.79. The molecule has 0 fully saturated rings. The van der Waals surface area contributed by atoms with Gasteiger partial charge >= 0.3 is 0 Å². The number of nitrogens with zero attached hydrogens (tertiary/aromatic N) is 1. The van der Waals surface area contributed by atoms with Crippen molar-refractivity contribution in [1.82, 2.24) is 9.88 Å². The molecule has 30 heavy (non-hydrogen) atoms. The lowest BCUT2D eigenvalue weighted by Crippen LogP contribution is -3.11. The van der Waals surface area contributed by atoms with E-state index in [1.54, 1.807) is 4.90 Å². The van der Waals surface area contributed by atoms with Crippen molar-refractivity contribution in [3.8, 4) is 0 Å². The van der Waals surface area contributed by atoms with E-state index in [1.165, 1.54) is 11.1 Å². The summed E-state index contributed by atoms with van der Waals surface area (Å²) < 4.78 is 7.89. The van der Waals surface area contributed by atoms with Gasteiger partial charge in [0.05, 0.1) is 25.2 Å². The van der Waals surface area contributed by atoms with E-state index in [4.69, 9.17) is 4.42 Å². The van der Waals surface area contributed by atoms with E-state index < -0.39 is 0 Å². The zero-order valence-corrected chi connectivity index (χ0v) is 19.0. The van der Waals surface area contributed by atoms with Gasteiger partial charge in [-0.2, -0.15) is 0 Å². The molecule has 0 aliphatic heterocycles. The second kappa shape index (κ2) is 9.98. The van der Waals surface area contributed by atoms with E-state index in [2.05, 4.69) is 61.8 Å². The van der Waals surface area contributed by atoms with Crippen LogP contribution in [0.1, 0.15) is 61.0 Å². The number of amides is 1. The summed E-state index contributed by atoms with van der Waals surface area (Å²) in [7, 11) is 0. The molecule has 2 N–H and O–H groups in total. The van der Waals surface area contributed by atoms with E-state index in [0.717, 1.165) is 49.3 Å². The molecule has 1 aromatic carbocycles. The van der Waals surface area contributed by atoms with E-state index >= 15 is 0 Å². The zero-order valence-electron chi connectivity index (χ0n) is 19.0. The second-order valence-electron chi connectivity index (χ2n) is 8.44. The SMILES string of the molecule is CC[NH+](CC)CCC[C@@H](C)NC(=O)c1cc2oc(C)cc2n1Cc1cccc(C)c1. The highest BCUT2D eigenvalue weighted by Gasteiger charge is 2.20. The molecule has 0 aliphatic carbocycles. The van der Waals surface area contributed by atoms with Crippen molar-refractivity contribution in [3.63, 3.8) is 0 Å². The fraction of sp³-hybridized carbons (Fsp3) is 0.480. The third kappa shape index (κ3) is 5.33. The number of quaternary nitrogens is 1. The molecule has 2 aromatic heterocycles. The first-order chi connectivity index (χ1) is 14.4. The second-order valence-corrected chi connectivity index (χ2v) is 8.44. The van der Waals surface area contributed by atoms with Crippen LogP contribution in [0.4, 0.5) is 0 Å². The van der Waals surface area contributed by atoms with Crippen molar-refractivity contribution in [2.24, 2.45) is 0 Å². The molecule has 0 radical (unpaired) electrons. The van der Waals surface area contributed by atoms with Crippen LogP contribution in [0.15, 0.2) is 40.8 Å². The van der Waals surface area contributed by atoms with Crippen molar-refractivity contribution in [3.05, 3.63) is 59.0 Å². The van der Waals surface area contributed by atoms with Crippen LogP contribution in [0.2, 0.25) is 0 Å². The van der Waals surface area contributed by atoms with E-state index in [-0.39, 0.29) is 11.9 Å². The van der Waals surface area contributed by atoms with E-state index in [0.29, 0.717) is 12.2 Å². The number of aryl methyl sites for hydroxylation is 2. The Morgan fingerprint density at radius 2 is 1.93 bits per heavy atom. The Labute approximate surface area is 180 Å². The van der Waals surface area contributed by atoms with Crippen molar-refractivity contribution in [1.29, 1.82) is 0 Å². The predicted octanol–water partition coefficient (Wildman–Crippen LogP) is 3.72. The van der Waals surface area contributed by atoms with Gasteiger partial charge in [0, 0.05) is 24.7 Å². The lowest BCUT2D eigenvalue weighted by molar-refractivity contribution is -0.896. The van der Waals surface area contributed by atoms with Crippen LogP contribution in [0.25, 0.3) is 11.1 Å². The third-order valence-electron chi connectivity index (χ3n) is 5.91. The molecule has 5 heteroatoms. The van der Waals surface area contributed by atoms with E-state index in [1.807, 2.05) is 19.1 Å². The summed E-state index contributed by atoms with van der Waals surface area (Å²) in [5.74, 6) is 0.826. The summed E-state index contributed by atoms with van der Waals surface area (Å²) in [6.45, 7) is 14.7. The molecule has 0 spiro atoms. The topological polar surface area (TPSA) is 51.6 Å². The van der Waals surface area contributed by atoms with Crippen LogP contribution in [0, 0.1) is 13.8 Å². The van der Waals surface area contributed by atoms with Crippen molar-refractivity contribution in [2.45, 2.75) is 60.0 Å². The Morgan fingerprint density at radius 3 is 2.63 bits per heavy atom. The van der Waals surface area contributed by atoms with Crippen LogP contribution in [0.5, 0.6) is 0 Å². The Kier molecular flexibility index (Phi) is 7.38. The van der Waals surface area contributed by atoms with Gasteiger partial charge in [-0.25, -0.2) is 0 Å². The highest BCUT2D eigenvalue weighted by atomic mass is 16.3. The Morgan fingerprint density at radius 1 is 1.17 bits per heavy atom. The largest absolute Gasteiger partial charge is 0.460 e. The quantitative estimate of drug-likeness (QED) is 0.535. The van der Waals surface area contributed by atoms with Gasteiger partial charge in [-0.3, -0.25) is 4.79 Å². The number of furan rings is 1. The Bertz CT molecular complexity index is 982. The summed E-state index contributed by atoms with van der Waals surface area (Å²) >= 11 is 0. The molecule has 162 valence electrons. The van der Waals surface area contributed by atoms with Crippen molar-refractivity contribution >= 4 is 17.0 Å². The number of fused-ring (bicyclic) bond motifs is 1. The molecule has 2 heterocycles. The van der Waals surface area contributed by atoms with Crippen LogP contribution in [-0.4, -0.2) is 36.2 Å². The molecule has 3 rings (SSSR count). The van der Waals surface area contributed by atoms with Gasteiger partial charge < -0.3 is 19.2 Å². The fourth-order valence-electron chi connectivity index (χ4n) is 4.15. The summed E-state index contributed by atoms with van der Waals surface area (Å²) in [6.07, 6.45) is 2.10. The third-order valence-corrected chi connectivity index (χ3v) is 5.91. The molecule has 0 saturated carbocycles. The maximum absolute atomic E-state index is 13.1. The zero-order chi connectivity index (χ0) is 21.7. The first-order valence-corrected chi connectivity index (χ1v) is 11.2. The van der Waals surface area contributed by atoms with Crippen LogP contribution in [-0.2, 0) is 6.54 Å². The molecule has 3 aromatic rings. The van der Waals surface area contributed by atoms with E-state index in [9.17, 15) is 4.79 Å². The number of aromatic nitrogens is 1. The minimum Gasteiger partial charge on any atom is -0.460 e. The fourth-order valence-corrected chi connectivity index (χ4v) is 4.15. The van der Waals surface area contributed by atoms with Gasteiger partial charge in [0.2, 0.25) is 0 Å². The highest BCUT2D eigenvalue weighted by molar-refractivity contribution is 5.97. The number of carbonyl (C=O) groups excluding carboxylic acids is 1. The summed E-state index contributed by atoms with van der Waals surface area (Å²) in [4.78, 5) is 14.7. The normalized spacial score (nSPS) is 12.6. The standard InChI is InChI=1S/C25H35N3O2/c1-6-27(7-2)13-9-11-19(4)26-25(29)23-16-24-22(15-20(5)30-24)28(23)17-21-12-8-10-18(3)14-21/h8,10,12,14-16,19H,6-7,9,11,13,17H2,1-5H3,(H,26,29)/p+1/t19-/m1/s1. The minimum absolute atomic E-state index is 0.0330. The summed E-state index contributed by atoms with van der Waals surface area (Å²) in [6, 6.07) is 12.4.